The van der Waals surface area contributed by atoms with Crippen LogP contribution in [-0.4, -0.2) is 11.3 Å². The normalized spacial score (nSPS) is 11.8. The number of halogens is 4. The van der Waals surface area contributed by atoms with Crippen LogP contribution in [0.4, 0.5) is 13.2 Å². The third kappa shape index (κ3) is 2.93. The van der Waals surface area contributed by atoms with Crippen molar-refractivity contribution in [3.05, 3.63) is 34.4 Å². The number of alkyl halides is 3. The van der Waals surface area contributed by atoms with Crippen molar-refractivity contribution in [2.45, 2.75) is 19.7 Å². The van der Waals surface area contributed by atoms with Crippen molar-refractivity contribution in [3.8, 4) is 5.75 Å². The first-order valence-electron chi connectivity index (χ1n) is 5.24. The van der Waals surface area contributed by atoms with E-state index in [2.05, 4.69) is 25.7 Å². The van der Waals surface area contributed by atoms with E-state index in [9.17, 15) is 13.2 Å². The second-order valence-corrected chi connectivity index (χ2v) is 4.60. The molecule has 0 radical (unpaired) electrons. The number of pyridine rings is 1. The summed E-state index contributed by atoms with van der Waals surface area (Å²) in [5, 5.41) is 0.598. The molecule has 0 spiro atoms. The maximum absolute atomic E-state index is 12.3. The molecule has 6 heteroatoms. The van der Waals surface area contributed by atoms with Gasteiger partial charge in [-0.25, -0.2) is 4.98 Å². The van der Waals surface area contributed by atoms with Gasteiger partial charge in [0, 0.05) is 15.6 Å². The Balaban J connectivity index is 2.61. The molecule has 0 aliphatic heterocycles. The molecule has 0 aliphatic carbocycles. The molecule has 1 heterocycles. The molecule has 2 nitrogen and oxygen atoms in total. The highest BCUT2D eigenvalue weighted by Gasteiger charge is 2.32. The van der Waals surface area contributed by atoms with Crippen LogP contribution in [0.5, 0.6) is 5.75 Å². The van der Waals surface area contributed by atoms with E-state index in [0.29, 0.717) is 16.3 Å². The van der Waals surface area contributed by atoms with E-state index in [-0.39, 0.29) is 11.3 Å². The van der Waals surface area contributed by atoms with Gasteiger partial charge < -0.3 is 4.74 Å². The third-order valence-corrected chi connectivity index (χ3v) is 2.83. The van der Waals surface area contributed by atoms with Crippen molar-refractivity contribution in [2.75, 3.05) is 0 Å². The minimum Gasteiger partial charge on any atom is -0.403 e. The maximum Gasteiger partial charge on any atom is 0.573 e. The van der Waals surface area contributed by atoms with Gasteiger partial charge in [0.15, 0.2) is 5.75 Å². The zero-order valence-corrected chi connectivity index (χ0v) is 11.0. The van der Waals surface area contributed by atoms with Gasteiger partial charge in [-0.3, -0.25) is 0 Å². The number of benzene rings is 1. The van der Waals surface area contributed by atoms with Gasteiger partial charge in [-0.1, -0.05) is 28.9 Å². The zero-order valence-electron chi connectivity index (χ0n) is 9.38. The molecule has 0 bridgehead atoms. The quantitative estimate of drug-likeness (QED) is 0.815. The fourth-order valence-corrected chi connectivity index (χ4v) is 2.06. The van der Waals surface area contributed by atoms with Crippen LogP contribution < -0.4 is 4.74 Å². The van der Waals surface area contributed by atoms with E-state index in [1.54, 1.807) is 18.2 Å². The summed E-state index contributed by atoms with van der Waals surface area (Å²) in [7, 11) is 0. The third-order valence-electron chi connectivity index (χ3n) is 2.37. The molecule has 0 fully saturated rings. The topological polar surface area (TPSA) is 22.1 Å². The lowest BCUT2D eigenvalue weighted by Gasteiger charge is -2.12. The first-order valence-corrected chi connectivity index (χ1v) is 6.03. The molecule has 0 saturated carbocycles. The van der Waals surface area contributed by atoms with Gasteiger partial charge in [0.1, 0.15) is 5.52 Å². The lowest BCUT2D eigenvalue weighted by molar-refractivity contribution is -0.274. The number of nitrogens with zero attached hydrogens (tertiary/aromatic N) is 1. The molecule has 18 heavy (non-hydrogen) atoms. The van der Waals surface area contributed by atoms with Gasteiger partial charge in [0.2, 0.25) is 0 Å². The van der Waals surface area contributed by atoms with Crippen molar-refractivity contribution in [2.24, 2.45) is 0 Å². The van der Waals surface area contributed by atoms with Gasteiger partial charge in [-0.2, -0.15) is 0 Å². The Labute approximate surface area is 110 Å². The van der Waals surface area contributed by atoms with E-state index in [1.165, 1.54) is 6.07 Å². The molecule has 2 rings (SSSR count). The Morgan fingerprint density at radius 2 is 2.00 bits per heavy atom. The Bertz CT molecular complexity index is 583. The van der Waals surface area contributed by atoms with Crippen molar-refractivity contribution in [1.82, 2.24) is 4.98 Å². The van der Waals surface area contributed by atoms with Crippen molar-refractivity contribution < 1.29 is 17.9 Å². The minimum absolute atomic E-state index is 0.217. The second-order valence-electron chi connectivity index (χ2n) is 3.68. The Kier molecular flexibility index (Phi) is 3.47. The standard InChI is InChI=1S/C12H9BrF3NO/c1-2-9-4-3-7-5-8(13)6-10(11(7)17-9)18-12(14,15)16/h3-6H,2H2,1H3. The fourth-order valence-electron chi connectivity index (χ4n) is 1.61. The average molecular weight is 320 g/mol. The monoisotopic (exact) mass is 319 g/mol. The summed E-state index contributed by atoms with van der Waals surface area (Å²) in [6, 6.07) is 6.48. The SMILES string of the molecule is CCc1ccc2cc(Br)cc(OC(F)(F)F)c2n1. The predicted octanol–water partition coefficient (Wildman–Crippen LogP) is 4.46. The first kappa shape index (κ1) is 13.1. The van der Waals surface area contributed by atoms with Gasteiger partial charge in [0.25, 0.3) is 0 Å². The summed E-state index contributed by atoms with van der Waals surface area (Å²) in [5.41, 5.74) is 0.937. The van der Waals surface area contributed by atoms with Gasteiger partial charge in [-0.05, 0) is 24.6 Å². The van der Waals surface area contributed by atoms with Crippen molar-refractivity contribution in [1.29, 1.82) is 0 Å². The fraction of sp³-hybridized carbons (Fsp3) is 0.250. The highest BCUT2D eigenvalue weighted by Crippen LogP contribution is 2.32. The number of aryl methyl sites for hydroxylation is 1. The van der Waals surface area contributed by atoms with E-state index in [0.717, 1.165) is 5.69 Å². The molecule has 0 unspecified atom stereocenters. The molecule has 0 saturated heterocycles. The Morgan fingerprint density at radius 1 is 1.28 bits per heavy atom. The largest absolute Gasteiger partial charge is 0.573 e. The molecule has 0 aliphatic rings. The molecule has 1 aromatic carbocycles. The van der Waals surface area contributed by atoms with Crippen LogP contribution in [0.15, 0.2) is 28.7 Å². The minimum atomic E-state index is -4.72. The van der Waals surface area contributed by atoms with Gasteiger partial charge in [0.05, 0.1) is 0 Å². The Morgan fingerprint density at radius 3 is 2.61 bits per heavy atom. The van der Waals surface area contributed by atoms with Crippen LogP contribution >= 0.6 is 15.9 Å². The summed E-state index contributed by atoms with van der Waals surface area (Å²) >= 11 is 3.15. The van der Waals surface area contributed by atoms with Crippen molar-refractivity contribution >= 4 is 26.8 Å². The van der Waals surface area contributed by atoms with Crippen LogP contribution in [0.1, 0.15) is 12.6 Å². The number of aromatic nitrogens is 1. The molecule has 1 aromatic heterocycles. The number of rotatable bonds is 2. The van der Waals surface area contributed by atoms with Gasteiger partial charge >= 0.3 is 6.36 Å². The van der Waals surface area contributed by atoms with E-state index < -0.39 is 6.36 Å². The Hall–Kier alpha value is -1.30. The number of ether oxygens (including phenoxy) is 1. The highest BCUT2D eigenvalue weighted by molar-refractivity contribution is 9.10. The van der Waals surface area contributed by atoms with E-state index >= 15 is 0 Å². The van der Waals surface area contributed by atoms with Crippen LogP contribution in [0.3, 0.4) is 0 Å². The van der Waals surface area contributed by atoms with Crippen molar-refractivity contribution in [3.63, 3.8) is 0 Å². The summed E-state index contributed by atoms with van der Waals surface area (Å²) in [5.74, 6) is -0.290. The lowest BCUT2D eigenvalue weighted by Crippen LogP contribution is -2.17. The average Bonchev–Trinajstić information content (AvgIpc) is 2.26. The first-order chi connectivity index (χ1) is 8.39. The number of fused-ring (bicyclic) bond motifs is 1. The number of hydrogen-bond acceptors (Lipinski definition) is 2. The summed E-state index contributed by atoms with van der Waals surface area (Å²) in [6.45, 7) is 1.89. The summed E-state index contributed by atoms with van der Waals surface area (Å²) in [4.78, 5) is 4.17. The molecule has 2 aromatic rings. The summed E-state index contributed by atoms with van der Waals surface area (Å²) in [6.07, 6.45) is -4.07. The molecule has 96 valence electrons. The van der Waals surface area contributed by atoms with Crippen LogP contribution in [0, 0.1) is 0 Å². The maximum atomic E-state index is 12.3. The van der Waals surface area contributed by atoms with Crippen LogP contribution in [-0.2, 0) is 6.42 Å². The van der Waals surface area contributed by atoms with Gasteiger partial charge in [-0.15, -0.1) is 13.2 Å². The van der Waals surface area contributed by atoms with E-state index in [1.807, 2.05) is 6.92 Å². The predicted molar refractivity (Wildman–Crippen MR) is 65.5 cm³/mol. The zero-order chi connectivity index (χ0) is 13.3. The van der Waals surface area contributed by atoms with E-state index in [4.69, 9.17) is 0 Å². The molecule has 0 amide bonds. The molecule has 0 atom stereocenters. The summed E-state index contributed by atoms with van der Waals surface area (Å²) < 4.78 is 41.5. The highest BCUT2D eigenvalue weighted by atomic mass is 79.9. The molecular formula is C12H9BrF3NO. The smallest absolute Gasteiger partial charge is 0.403 e. The van der Waals surface area contributed by atoms with Crippen LogP contribution in [0.25, 0.3) is 10.9 Å². The second kappa shape index (κ2) is 4.76. The van der Waals surface area contributed by atoms with Crippen LogP contribution in [0.2, 0.25) is 0 Å². The molecule has 0 N–H and O–H groups in total. The lowest BCUT2D eigenvalue weighted by atomic mass is 10.1. The number of hydrogen-bond donors (Lipinski definition) is 0. The molecular weight excluding hydrogens is 311 g/mol.